The lowest BCUT2D eigenvalue weighted by Crippen LogP contribution is -2.36. The summed E-state index contributed by atoms with van der Waals surface area (Å²) in [5, 5.41) is 0. The predicted molar refractivity (Wildman–Crippen MR) is 315 cm³/mol. The van der Waals surface area contributed by atoms with Gasteiger partial charge in [0.25, 0.3) is 0 Å². The van der Waals surface area contributed by atoms with Crippen molar-refractivity contribution in [2.24, 2.45) is 0 Å². The molecule has 12 aromatic rings. The number of fused-ring (bicyclic) bond motifs is 12. The summed E-state index contributed by atoms with van der Waals surface area (Å²) in [5.74, 6) is 0. The minimum Gasteiger partial charge on any atom is -0.310 e. The van der Waals surface area contributed by atoms with Crippen molar-refractivity contribution in [2.75, 3.05) is 9.80 Å². The van der Waals surface area contributed by atoms with Gasteiger partial charge < -0.3 is 9.80 Å². The molecule has 356 valence electrons. The van der Waals surface area contributed by atoms with Crippen molar-refractivity contribution in [3.8, 4) is 44.5 Å². The number of rotatable bonds is 8. The van der Waals surface area contributed by atoms with Crippen LogP contribution in [-0.4, -0.2) is 0 Å². The molecule has 0 N–H and O–H groups in total. The standard InChI is InChI=1S/C74H50N2/c1-5-23-51(24-6-1)52-25-21-26-53(47-52)54-27-22-34-58(48-54)75(59-43-45-63-61-35-13-15-37-65(61)73(69(63)49-59,55-28-7-2-8-29-55)56-30-9-3-10-31-56)60-44-46-64-62-36-14-16-38-66(62)74(70(64)50-60)67-39-17-19-41-71(67)76(57-32-11-4-12-33-57)72-42-20-18-40-68(72)74/h1-50H. The summed E-state index contributed by atoms with van der Waals surface area (Å²) in [4.78, 5) is 4.97. The highest BCUT2D eigenvalue weighted by Crippen LogP contribution is 2.64. The predicted octanol–water partition coefficient (Wildman–Crippen LogP) is 19.0. The van der Waals surface area contributed by atoms with E-state index in [0.717, 1.165) is 28.3 Å². The van der Waals surface area contributed by atoms with Crippen molar-refractivity contribution >= 4 is 34.1 Å². The van der Waals surface area contributed by atoms with Crippen molar-refractivity contribution < 1.29 is 0 Å². The first-order valence-electron chi connectivity index (χ1n) is 26.4. The topological polar surface area (TPSA) is 6.48 Å². The van der Waals surface area contributed by atoms with Gasteiger partial charge in [-0.1, -0.05) is 237 Å². The van der Waals surface area contributed by atoms with E-state index >= 15 is 0 Å². The lowest BCUT2D eigenvalue weighted by molar-refractivity contribution is 0.752. The summed E-state index contributed by atoms with van der Waals surface area (Å²) < 4.78 is 0. The van der Waals surface area contributed by atoms with Crippen LogP contribution in [0.4, 0.5) is 34.1 Å². The Balaban J connectivity index is 0.995. The molecule has 1 aliphatic heterocycles. The largest absolute Gasteiger partial charge is 0.310 e. The average molecular weight is 967 g/mol. The fourth-order valence-electron chi connectivity index (χ4n) is 13.4. The lowest BCUT2D eigenvalue weighted by Gasteiger charge is -2.45. The van der Waals surface area contributed by atoms with E-state index in [1.807, 2.05) is 0 Å². The van der Waals surface area contributed by atoms with Crippen molar-refractivity contribution in [3.05, 3.63) is 348 Å². The maximum Gasteiger partial charge on any atom is 0.0755 e. The van der Waals surface area contributed by atoms with E-state index in [0.29, 0.717) is 0 Å². The van der Waals surface area contributed by atoms with Gasteiger partial charge in [-0.15, -0.1) is 0 Å². The lowest BCUT2D eigenvalue weighted by atomic mass is 9.64. The molecule has 1 heterocycles. The molecule has 2 heteroatoms. The number of benzene rings is 12. The van der Waals surface area contributed by atoms with Crippen LogP contribution in [0.1, 0.15) is 44.5 Å². The second-order valence-corrected chi connectivity index (χ2v) is 20.3. The van der Waals surface area contributed by atoms with Crippen molar-refractivity contribution in [3.63, 3.8) is 0 Å². The summed E-state index contributed by atoms with van der Waals surface area (Å²) in [6, 6.07) is 113. The molecule has 2 aliphatic carbocycles. The first-order chi connectivity index (χ1) is 37.7. The summed E-state index contributed by atoms with van der Waals surface area (Å²) >= 11 is 0. The van der Waals surface area contributed by atoms with Crippen molar-refractivity contribution in [1.29, 1.82) is 0 Å². The molecule has 2 nitrogen and oxygen atoms in total. The maximum atomic E-state index is 2.52. The van der Waals surface area contributed by atoms with Gasteiger partial charge in [-0.25, -0.2) is 0 Å². The third kappa shape index (κ3) is 6.41. The molecule has 12 aromatic carbocycles. The van der Waals surface area contributed by atoms with Crippen LogP contribution in [-0.2, 0) is 10.8 Å². The van der Waals surface area contributed by atoms with Crippen LogP contribution in [0, 0.1) is 0 Å². The van der Waals surface area contributed by atoms with E-state index in [2.05, 4.69) is 313 Å². The second-order valence-electron chi connectivity index (χ2n) is 20.3. The molecule has 0 radical (unpaired) electrons. The number of hydrogen-bond donors (Lipinski definition) is 0. The first-order valence-corrected chi connectivity index (χ1v) is 26.4. The third-order valence-electron chi connectivity index (χ3n) is 16.5. The minimum atomic E-state index is -0.624. The molecular weight excluding hydrogens is 917 g/mol. The van der Waals surface area contributed by atoms with E-state index in [1.165, 1.54) is 94.8 Å². The normalized spacial score (nSPS) is 13.7. The summed E-state index contributed by atoms with van der Waals surface area (Å²) in [7, 11) is 0. The number of hydrogen-bond acceptors (Lipinski definition) is 2. The maximum absolute atomic E-state index is 2.52. The van der Waals surface area contributed by atoms with E-state index in [1.54, 1.807) is 0 Å². The van der Waals surface area contributed by atoms with Crippen molar-refractivity contribution in [1.82, 2.24) is 0 Å². The van der Waals surface area contributed by atoms with Crippen LogP contribution in [0.15, 0.2) is 303 Å². The molecule has 0 atom stereocenters. The zero-order chi connectivity index (χ0) is 50.2. The molecule has 0 unspecified atom stereocenters. The van der Waals surface area contributed by atoms with Crippen LogP contribution in [0.5, 0.6) is 0 Å². The Morgan fingerprint density at radius 3 is 1.18 bits per heavy atom. The molecule has 76 heavy (non-hydrogen) atoms. The van der Waals surface area contributed by atoms with Gasteiger partial charge in [0.2, 0.25) is 0 Å². The Bertz CT molecular complexity index is 4090. The molecule has 1 spiro atoms. The second kappa shape index (κ2) is 17.4. The number of para-hydroxylation sites is 3. The Hall–Kier alpha value is -9.76. The van der Waals surface area contributed by atoms with Gasteiger partial charge in [0.1, 0.15) is 0 Å². The Kier molecular flexibility index (Phi) is 10.0. The Labute approximate surface area is 444 Å². The molecule has 0 fully saturated rings. The van der Waals surface area contributed by atoms with Crippen molar-refractivity contribution in [2.45, 2.75) is 10.8 Å². The van der Waals surface area contributed by atoms with Crippen LogP contribution in [0.2, 0.25) is 0 Å². The van der Waals surface area contributed by atoms with E-state index in [9.17, 15) is 0 Å². The highest BCUT2D eigenvalue weighted by molar-refractivity contribution is 5.98. The molecule has 0 saturated heterocycles. The molecule has 0 bridgehead atoms. The zero-order valence-electron chi connectivity index (χ0n) is 41.8. The SMILES string of the molecule is c1ccc(-c2cccc(-c3cccc(N(c4ccc5c(c4)C(c4ccccc4)(c4ccccc4)c4ccccc4-5)c4ccc5c(c4)C4(c6ccccc6-5)c5ccccc5N(c5ccccc5)c5ccccc54)c3)c2)cc1. The number of anilines is 6. The average Bonchev–Trinajstić information content (AvgIpc) is 4.18. The van der Waals surface area contributed by atoms with Crippen LogP contribution in [0.25, 0.3) is 44.5 Å². The Morgan fingerprint density at radius 1 is 0.237 bits per heavy atom. The quantitative estimate of drug-likeness (QED) is 0.150. The summed E-state index contributed by atoms with van der Waals surface area (Å²) in [5.41, 5.74) is 25.4. The van der Waals surface area contributed by atoms with Gasteiger partial charge in [0.15, 0.2) is 0 Å². The zero-order valence-corrected chi connectivity index (χ0v) is 41.8. The molecule has 15 rings (SSSR count). The van der Waals surface area contributed by atoms with Crippen LogP contribution < -0.4 is 9.80 Å². The van der Waals surface area contributed by atoms with E-state index < -0.39 is 10.8 Å². The van der Waals surface area contributed by atoms with E-state index in [4.69, 9.17) is 0 Å². The molecule has 0 aromatic heterocycles. The molecule has 0 amide bonds. The van der Waals surface area contributed by atoms with Gasteiger partial charge in [0, 0.05) is 22.7 Å². The monoisotopic (exact) mass is 966 g/mol. The van der Waals surface area contributed by atoms with Gasteiger partial charge in [-0.2, -0.15) is 0 Å². The molecule has 3 aliphatic rings. The minimum absolute atomic E-state index is 0.570. The Morgan fingerprint density at radius 2 is 0.618 bits per heavy atom. The fourth-order valence-corrected chi connectivity index (χ4v) is 13.4. The number of nitrogens with zero attached hydrogens (tertiary/aromatic N) is 2. The fraction of sp³-hybridized carbons (Fsp3) is 0.0270. The highest BCUT2D eigenvalue weighted by Gasteiger charge is 2.52. The molecule has 0 saturated carbocycles. The summed E-state index contributed by atoms with van der Waals surface area (Å²) in [6.07, 6.45) is 0. The third-order valence-corrected chi connectivity index (χ3v) is 16.5. The van der Waals surface area contributed by atoms with Gasteiger partial charge in [-0.3, -0.25) is 0 Å². The first kappa shape index (κ1) is 43.8. The van der Waals surface area contributed by atoms with Crippen LogP contribution in [0.3, 0.4) is 0 Å². The van der Waals surface area contributed by atoms with Crippen LogP contribution >= 0.6 is 0 Å². The smallest absolute Gasteiger partial charge is 0.0755 e. The van der Waals surface area contributed by atoms with Gasteiger partial charge in [-0.05, 0) is 156 Å². The van der Waals surface area contributed by atoms with Gasteiger partial charge >= 0.3 is 0 Å². The molecular formula is C74H50N2. The van der Waals surface area contributed by atoms with Gasteiger partial charge in [0.05, 0.1) is 22.2 Å². The highest BCUT2D eigenvalue weighted by atomic mass is 15.2. The summed E-state index contributed by atoms with van der Waals surface area (Å²) in [6.45, 7) is 0. The van der Waals surface area contributed by atoms with E-state index in [-0.39, 0.29) is 0 Å².